The molecule has 0 aliphatic carbocycles. The zero-order valence-corrected chi connectivity index (χ0v) is 12.0. The van der Waals surface area contributed by atoms with E-state index in [9.17, 15) is 5.11 Å². The standard InChI is InChI=1S/C17H16ClNO/c1-2-17(20)19-15-9-8-14(18)10-13(15)11-16(19)12-6-4-3-5-7-12/h3-11,17,20H,2H2,1H3. The Balaban J connectivity index is 2.30. The summed E-state index contributed by atoms with van der Waals surface area (Å²) in [6.45, 7) is 1.97. The Morgan fingerprint density at radius 2 is 1.85 bits per heavy atom. The number of hydrogen-bond donors (Lipinski definition) is 1. The molecular formula is C17H16ClNO. The van der Waals surface area contributed by atoms with Crippen molar-refractivity contribution in [3.63, 3.8) is 0 Å². The highest BCUT2D eigenvalue weighted by Crippen LogP contribution is 2.32. The average molecular weight is 286 g/mol. The Bertz CT molecular complexity index is 733. The van der Waals surface area contributed by atoms with E-state index in [1.165, 1.54) is 0 Å². The van der Waals surface area contributed by atoms with E-state index in [0.29, 0.717) is 11.4 Å². The third kappa shape index (κ3) is 2.21. The van der Waals surface area contributed by atoms with Crippen LogP contribution in [0.25, 0.3) is 22.2 Å². The zero-order chi connectivity index (χ0) is 14.1. The van der Waals surface area contributed by atoms with E-state index in [-0.39, 0.29) is 0 Å². The summed E-state index contributed by atoms with van der Waals surface area (Å²) < 4.78 is 1.97. The first-order chi connectivity index (χ1) is 9.70. The highest BCUT2D eigenvalue weighted by atomic mass is 35.5. The third-order valence-corrected chi connectivity index (χ3v) is 3.77. The van der Waals surface area contributed by atoms with Gasteiger partial charge >= 0.3 is 0 Å². The lowest BCUT2D eigenvalue weighted by atomic mass is 10.1. The van der Waals surface area contributed by atoms with Gasteiger partial charge in [-0.3, -0.25) is 0 Å². The smallest absolute Gasteiger partial charge is 0.131 e. The zero-order valence-electron chi connectivity index (χ0n) is 11.3. The molecule has 0 fully saturated rings. The lowest BCUT2D eigenvalue weighted by molar-refractivity contribution is 0.106. The Morgan fingerprint density at radius 3 is 2.55 bits per heavy atom. The maximum atomic E-state index is 10.4. The van der Waals surface area contributed by atoms with Crippen LogP contribution in [0.3, 0.4) is 0 Å². The van der Waals surface area contributed by atoms with Crippen LogP contribution in [0, 0.1) is 0 Å². The molecule has 3 rings (SSSR count). The van der Waals surface area contributed by atoms with Gasteiger partial charge in [-0.25, -0.2) is 0 Å². The van der Waals surface area contributed by atoms with Gasteiger partial charge in [-0.2, -0.15) is 0 Å². The van der Waals surface area contributed by atoms with Gasteiger partial charge in [0.05, 0.1) is 11.2 Å². The predicted octanol–water partition coefficient (Wildman–Crippen LogP) is 4.86. The normalized spacial score (nSPS) is 12.8. The predicted molar refractivity (Wildman–Crippen MR) is 83.9 cm³/mol. The summed E-state index contributed by atoms with van der Waals surface area (Å²) in [6.07, 6.45) is 0.121. The van der Waals surface area contributed by atoms with Crippen molar-refractivity contribution < 1.29 is 5.11 Å². The molecule has 1 heterocycles. The van der Waals surface area contributed by atoms with Crippen LogP contribution in [0.2, 0.25) is 5.02 Å². The molecule has 1 unspecified atom stereocenters. The first-order valence-electron chi connectivity index (χ1n) is 6.74. The van der Waals surface area contributed by atoms with E-state index in [1.54, 1.807) is 0 Å². The molecule has 0 amide bonds. The lowest BCUT2D eigenvalue weighted by Gasteiger charge is -2.16. The van der Waals surface area contributed by atoms with Crippen LogP contribution in [0.15, 0.2) is 54.6 Å². The lowest BCUT2D eigenvalue weighted by Crippen LogP contribution is -2.08. The minimum Gasteiger partial charge on any atom is -0.373 e. The van der Waals surface area contributed by atoms with Gasteiger partial charge in [0.1, 0.15) is 6.23 Å². The van der Waals surface area contributed by atoms with Crippen LogP contribution in [0.1, 0.15) is 19.6 Å². The summed E-state index contributed by atoms with van der Waals surface area (Å²) in [4.78, 5) is 0. The van der Waals surface area contributed by atoms with Gasteiger partial charge in [-0.15, -0.1) is 0 Å². The largest absolute Gasteiger partial charge is 0.373 e. The van der Waals surface area contributed by atoms with Crippen molar-refractivity contribution in [3.8, 4) is 11.3 Å². The molecule has 1 N–H and O–H groups in total. The molecule has 3 heteroatoms. The van der Waals surface area contributed by atoms with Crippen LogP contribution in [0.5, 0.6) is 0 Å². The van der Waals surface area contributed by atoms with Crippen LogP contribution in [0.4, 0.5) is 0 Å². The molecular weight excluding hydrogens is 270 g/mol. The highest BCUT2D eigenvalue weighted by Gasteiger charge is 2.15. The third-order valence-electron chi connectivity index (χ3n) is 3.53. The number of aromatic nitrogens is 1. The summed E-state index contributed by atoms with van der Waals surface area (Å²) in [5.41, 5.74) is 3.10. The van der Waals surface area contributed by atoms with E-state index < -0.39 is 6.23 Å². The second-order valence-corrected chi connectivity index (χ2v) is 5.29. The number of benzene rings is 2. The van der Waals surface area contributed by atoms with Crippen LogP contribution in [-0.4, -0.2) is 9.67 Å². The van der Waals surface area contributed by atoms with E-state index in [1.807, 2.05) is 47.9 Å². The molecule has 20 heavy (non-hydrogen) atoms. The maximum Gasteiger partial charge on any atom is 0.131 e. The Hall–Kier alpha value is -1.77. The first kappa shape index (κ1) is 13.2. The average Bonchev–Trinajstić information content (AvgIpc) is 2.85. The topological polar surface area (TPSA) is 25.2 Å². The van der Waals surface area contributed by atoms with Crippen molar-refractivity contribution in [1.29, 1.82) is 0 Å². The van der Waals surface area contributed by atoms with Crippen molar-refractivity contribution in [1.82, 2.24) is 4.57 Å². The molecule has 2 nitrogen and oxygen atoms in total. The maximum absolute atomic E-state index is 10.4. The molecule has 0 aliphatic rings. The number of aliphatic hydroxyl groups is 1. The van der Waals surface area contributed by atoms with E-state index in [0.717, 1.165) is 22.2 Å². The molecule has 1 atom stereocenters. The summed E-state index contributed by atoms with van der Waals surface area (Å²) in [5.74, 6) is 0. The summed E-state index contributed by atoms with van der Waals surface area (Å²) in [6, 6.07) is 17.9. The van der Waals surface area contributed by atoms with E-state index in [2.05, 4.69) is 18.2 Å². The fourth-order valence-corrected chi connectivity index (χ4v) is 2.72. The van der Waals surface area contributed by atoms with Crippen LogP contribution < -0.4 is 0 Å². The summed E-state index contributed by atoms with van der Waals surface area (Å²) >= 11 is 6.07. The number of fused-ring (bicyclic) bond motifs is 1. The monoisotopic (exact) mass is 285 g/mol. The fraction of sp³-hybridized carbons (Fsp3) is 0.176. The summed E-state index contributed by atoms with van der Waals surface area (Å²) in [5, 5.41) is 12.1. The Morgan fingerprint density at radius 1 is 1.10 bits per heavy atom. The number of halogens is 1. The fourth-order valence-electron chi connectivity index (χ4n) is 2.54. The molecule has 0 aliphatic heterocycles. The first-order valence-corrected chi connectivity index (χ1v) is 7.12. The van der Waals surface area contributed by atoms with Crippen molar-refractivity contribution in [3.05, 3.63) is 59.6 Å². The molecule has 0 bridgehead atoms. The SMILES string of the molecule is CCC(O)n1c(-c2ccccc2)cc2cc(Cl)ccc21. The second kappa shape index (κ2) is 5.31. The molecule has 3 aromatic rings. The van der Waals surface area contributed by atoms with Gasteiger partial charge in [0, 0.05) is 10.4 Å². The molecule has 2 aromatic carbocycles. The van der Waals surface area contributed by atoms with Gasteiger partial charge in [0.2, 0.25) is 0 Å². The molecule has 0 saturated carbocycles. The molecule has 102 valence electrons. The van der Waals surface area contributed by atoms with Gasteiger partial charge in [-0.1, -0.05) is 48.9 Å². The number of aliphatic hydroxyl groups excluding tert-OH is 1. The molecule has 0 spiro atoms. The van der Waals surface area contributed by atoms with Gasteiger partial charge < -0.3 is 9.67 Å². The van der Waals surface area contributed by atoms with Crippen molar-refractivity contribution in [2.45, 2.75) is 19.6 Å². The van der Waals surface area contributed by atoms with Crippen LogP contribution >= 0.6 is 11.6 Å². The number of hydrogen-bond acceptors (Lipinski definition) is 1. The Kier molecular flexibility index (Phi) is 3.51. The minimum absolute atomic E-state index is 0.538. The number of nitrogens with zero attached hydrogens (tertiary/aromatic N) is 1. The quantitative estimate of drug-likeness (QED) is 0.730. The van der Waals surface area contributed by atoms with Gasteiger partial charge in [0.15, 0.2) is 0 Å². The van der Waals surface area contributed by atoms with E-state index >= 15 is 0 Å². The van der Waals surface area contributed by atoms with Crippen LogP contribution in [-0.2, 0) is 0 Å². The Labute approximate surface area is 123 Å². The molecule has 1 aromatic heterocycles. The van der Waals surface area contributed by atoms with E-state index in [4.69, 9.17) is 11.6 Å². The number of rotatable bonds is 3. The van der Waals surface area contributed by atoms with Gasteiger partial charge in [0.25, 0.3) is 0 Å². The van der Waals surface area contributed by atoms with Crippen molar-refractivity contribution >= 4 is 22.5 Å². The van der Waals surface area contributed by atoms with Crippen molar-refractivity contribution in [2.75, 3.05) is 0 Å². The second-order valence-electron chi connectivity index (χ2n) is 4.86. The van der Waals surface area contributed by atoms with Gasteiger partial charge in [-0.05, 0) is 36.2 Å². The minimum atomic E-state index is -0.538. The molecule has 0 radical (unpaired) electrons. The molecule has 0 saturated heterocycles. The van der Waals surface area contributed by atoms with Crippen molar-refractivity contribution in [2.24, 2.45) is 0 Å². The summed E-state index contributed by atoms with van der Waals surface area (Å²) in [7, 11) is 0. The highest BCUT2D eigenvalue weighted by molar-refractivity contribution is 6.31.